The number of hydrogen-bond acceptors (Lipinski definition) is 5. The molecule has 0 aromatic heterocycles. The van der Waals surface area contributed by atoms with Gasteiger partial charge in [0.25, 0.3) is 0 Å². The maximum Gasteiger partial charge on any atom is 0.363 e. The van der Waals surface area contributed by atoms with Crippen molar-refractivity contribution in [2.24, 2.45) is 4.99 Å². The van der Waals surface area contributed by atoms with Crippen LogP contribution in [0.4, 0.5) is 0 Å². The van der Waals surface area contributed by atoms with Crippen molar-refractivity contribution in [3.05, 3.63) is 97.2 Å². The highest BCUT2D eigenvalue weighted by Crippen LogP contribution is 2.38. The first-order chi connectivity index (χ1) is 15.9. The first-order valence-electron chi connectivity index (χ1n) is 10.4. The van der Waals surface area contributed by atoms with Gasteiger partial charge in [-0.25, -0.2) is 9.79 Å². The van der Waals surface area contributed by atoms with Crippen LogP contribution in [0.15, 0.2) is 71.4 Å². The monoisotopic (exact) mass is 573 g/mol. The summed E-state index contributed by atoms with van der Waals surface area (Å²) < 4.78 is 18.2. The zero-order valence-corrected chi connectivity index (χ0v) is 21.0. The van der Waals surface area contributed by atoms with Crippen molar-refractivity contribution in [2.75, 3.05) is 6.61 Å². The van der Waals surface area contributed by atoms with Gasteiger partial charge in [0.15, 0.2) is 17.2 Å². The smallest absolute Gasteiger partial charge is 0.363 e. The molecule has 3 aromatic rings. The zero-order valence-electron chi connectivity index (χ0n) is 18.1. The Morgan fingerprint density at radius 1 is 1.09 bits per heavy atom. The first-order valence-corrected chi connectivity index (χ1v) is 11.8. The Kier molecular flexibility index (Phi) is 7.35. The van der Waals surface area contributed by atoms with Crippen molar-refractivity contribution in [1.29, 1.82) is 0 Å². The number of cyclic esters (lactones) is 1. The molecule has 0 radical (unpaired) electrons. The molecule has 0 bridgehead atoms. The van der Waals surface area contributed by atoms with Crippen LogP contribution in [0.2, 0.25) is 5.02 Å². The van der Waals surface area contributed by atoms with Gasteiger partial charge in [0.05, 0.1) is 11.6 Å². The minimum atomic E-state index is -0.516. The van der Waals surface area contributed by atoms with Gasteiger partial charge >= 0.3 is 5.97 Å². The first kappa shape index (κ1) is 23.3. The Morgan fingerprint density at radius 2 is 1.85 bits per heavy atom. The van der Waals surface area contributed by atoms with Gasteiger partial charge in [-0.15, -0.1) is 0 Å². The summed E-state index contributed by atoms with van der Waals surface area (Å²) in [5.41, 5.74) is 3.78. The SMILES string of the molecule is CCOc1cc(/C=C2\N=C(c3ccc(I)cc3)OC2=O)cc(Cl)c1OCc1ccccc1C. The van der Waals surface area contributed by atoms with Gasteiger partial charge in [-0.1, -0.05) is 35.9 Å². The quantitative estimate of drug-likeness (QED) is 0.182. The lowest BCUT2D eigenvalue weighted by Crippen LogP contribution is -2.05. The normalized spacial score (nSPS) is 14.2. The van der Waals surface area contributed by atoms with E-state index in [2.05, 4.69) is 27.6 Å². The van der Waals surface area contributed by atoms with Gasteiger partial charge in [0.2, 0.25) is 5.90 Å². The summed E-state index contributed by atoms with van der Waals surface area (Å²) in [7, 11) is 0. The molecule has 33 heavy (non-hydrogen) atoms. The van der Waals surface area contributed by atoms with Crippen molar-refractivity contribution in [1.82, 2.24) is 0 Å². The van der Waals surface area contributed by atoms with E-state index in [4.69, 9.17) is 25.8 Å². The molecule has 7 heteroatoms. The molecule has 0 atom stereocenters. The van der Waals surface area contributed by atoms with E-state index in [0.29, 0.717) is 35.3 Å². The second kappa shape index (κ2) is 10.4. The van der Waals surface area contributed by atoms with Crippen molar-refractivity contribution < 1.29 is 19.0 Å². The largest absolute Gasteiger partial charge is 0.490 e. The third-order valence-corrected chi connectivity index (χ3v) is 5.98. The van der Waals surface area contributed by atoms with E-state index in [0.717, 1.165) is 20.3 Å². The van der Waals surface area contributed by atoms with E-state index in [1.54, 1.807) is 18.2 Å². The van der Waals surface area contributed by atoms with Crippen LogP contribution in [-0.4, -0.2) is 18.5 Å². The van der Waals surface area contributed by atoms with Crippen molar-refractivity contribution in [3.63, 3.8) is 0 Å². The molecule has 1 aliphatic heterocycles. The predicted molar refractivity (Wildman–Crippen MR) is 138 cm³/mol. The van der Waals surface area contributed by atoms with Crippen molar-refractivity contribution in [2.45, 2.75) is 20.5 Å². The number of aliphatic imine (C=N–C) groups is 1. The number of ether oxygens (including phenoxy) is 3. The molecule has 3 aromatic carbocycles. The van der Waals surface area contributed by atoms with Crippen LogP contribution in [0, 0.1) is 10.5 Å². The Bertz CT molecular complexity index is 1250. The average Bonchev–Trinajstić information content (AvgIpc) is 3.15. The van der Waals surface area contributed by atoms with Crippen LogP contribution in [0.5, 0.6) is 11.5 Å². The van der Waals surface area contributed by atoms with Gasteiger partial charge < -0.3 is 14.2 Å². The van der Waals surface area contributed by atoms with Gasteiger partial charge in [0, 0.05) is 9.13 Å². The fourth-order valence-corrected chi connectivity index (χ4v) is 3.91. The van der Waals surface area contributed by atoms with Gasteiger partial charge in [-0.3, -0.25) is 0 Å². The maximum absolute atomic E-state index is 12.4. The summed E-state index contributed by atoms with van der Waals surface area (Å²) in [5, 5.41) is 0.384. The summed E-state index contributed by atoms with van der Waals surface area (Å²) in [6.07, 6.45) is 1.63. The molecule has 1 aliphatic rings. The number of hydrogen-bond donors (Lipinski definition) is 0. The van der Waals surface area contributed by atoms with Crippen LogP contribution in [0.25, 0.3) is 6.08 Å². The molecule has 0 N–H and O–H groups in total. The summed E-state index contributed by atoms with van der Waals surface area (Å²) in [5.74, 6) is 0.717. The van der Waals surface area contributed by atoms with Crippen molar-refractivity contribution >= 4 is 52.1 Å². The minimum Gasteiger partial charge on any atom is -0.490 e. The topological polar surface area (TPSA) is 57.1 Å². The average molecular weight is 574 g/mol. The standard InChI is InChI=1S/C26H21ClINO4/c1-3-31-23-14-17(12-21(27)24(23)32-15-19-7-5-4-6-16(19)2)13-22-26(30)33-25(29-22)18-8-10-20(28)11-9-18/h4-14H,3,15H2,1-2H3/b22-13-. The molecule has 0 amide bonds. The Labute approximate surface area is 211 Å². The van der Waals surface area contributed by atoms with Gasteiger partial charge in [0.1, 0.15) is 6.61 Å². The van der Waals surface area contributed by atoms with E-state index in [1.165, 1.54) is 0 Å². The number of benzene rings is 3. The van der Waals surface area contributed by atoms with Gasteiger partial charge in [-0.05, 0) is 95.6 Å². The molecule has 0 aliphatic carbocycles. The highest BCUT2D eigenvalue weighted by atomic mass is 127. The maximum atomic E-state index is 12.4. The highest BCUT2D eigenvalue weighted by molar-refractivity contribution is 14.1. The predicted octanol–water partition coefficient (Wildman–Crippen LogP) is 6.58. The molecular formula is C26H21ClINO4. The second-order valence-electron chi connectivity index (χ2n) is 7.32. The highest BCUT2D eigenvalue weighted by Gasteiger charge is 2.24. The Balaban J connectivity index is 1.61. The van der Waals surface area contributed by atoms with Crippen LogP contribution in [0.3, 0.4) is 0 Å². The summed E-state index contributed by atoms with van der Waals surface area (Å²) in [6.45, 7) is 4.72. The third-order valence-electron chi connectivity index (χ3n) is 4.98. The van der Waals surface area contributed by atoms with Crippen LogP contribution in [-0.2, 0) is 16.1 Å². The molecule has 0 saturated carbocycles. The molecule has 0 spiro atoms. The van der Waals surface area contributed by atoms with E-state index in [1.807, 2.05) is 62.4 Å². The number of carbonyl (C=O) groups is 1. The molecule has 1 heterocycles. The second-order valence-corrected chi connectivity index (χ2v) is 8.97. The summed E-state index contributed by atoms with van der Waals surface area (Å²) in [4.78, 5) is 16.8. The fourth-order valence-electron chi connectivity index (χ4n) is 3.28. The van der Waals surface area contributed by atoms with E-state index < -0.39 is 5.97 Å². The molecule has 0 saturated heterocycles. The van der Waals surface area contributed by atoms with Gasteiger partial charge in [-0.2, -0.15) is 0 Å². The lowest BCUT2D eigenvalue weighted by molar-refractivity contribution is -0.129. The number of esters is 1. The molecule has 5 nitrogen and oxygen atoms in total. The van der Waals surface area contributed by atoms with E-state index in [-0.39, 0.29) is 11.6 Å². The Hall–Kier alpha value is -2.84. The van der Waals surface area contributed by atoms with Crippen LogP contribution in [0.1, 0.15) is 29.2 Å². The lowest BCUT2D eigenvalue weighted by atomic mass is 10.1. The third kappa shape index (κ3) is 5.57. The number of aryl methyl sites for hydroxylation is 1. The Morgan fingerprint density at radius 3 is 2.58 bits per heavy atom. The van der Waals surface area contributed by atoms with E-state index >= 15 is 0 Å². The zero-order chi connectivity index (χ0) is 23.4. The summed E-state index contributed by atoms with van der Waals surface area (Å²) >= 11 is 8.77. The van der Waals surface area contributed by atoms with E-state index in [9.17, 15) is 4.79 Å². The summed E-state index contributed by atoms with van der Waals surface area (Å²) in [6, 6.07) is 19.1. The minimum absolute atomic E-state index is 0.190. The van der Waals surface area contributed by atoms with Crippen LogP contribution >= 0.6 is 34.2 Å². The molecule has 4 rings (SSSR count). The number of nitrogens with zero attached hydrogens (tertiary/aromatic N) is 1. The fraction of sp³-hybridized carbons (Fsp3) is 0.154. The molecular weight excluding hydrogens is 553 g/mol. The lowest BCUT2D eigenvalue weighted by Gasteiger charge is -2.15. The molecule has 0 unspecified atom stereocenters. The molecule has 168 valence electrons. The number of rotatable bonds is 7. The van der Waals surface area contributed by atoms with Crippen molar-refractivity contribution in [3.8, 4) is 11.5 Å². The number of halogens is 2. The molecule has 0 fully saturated rings. The number of carbonyl (C=O) groups excluding carboxylic acids is 1. The van der Waals surface area contributed by atoms with Crippen LogP contribution < -0.4 is 9.47 Å².